The van der Waals surface area contributed by atoms with Gasteiger partial charge in [0.1, 0.15) is 10.6 Å². The topological polar surface area (TPSA) is 71.4 Å². The summed E-state index contributed by atoms with van der Waals surface area (Å²) in [5.74, 6) is -0.343. The molecule has 130 valence electrons. The number of carbonyl (C=O) groups excluding carboxylic acids is 1. The number of nitrogens with zero attached hydrogens (tertiary/aromatic N) is 2. The number of amides is 1. The van der Waals surface area contributed by atoms with E-state index >= 15 is 0 Å². The summed E-state index contributed by atoms with van der Waals surface area (Å²) >= 11 is 0. The number of aromatic nitrogens is 1. The molecule has 7 heteroatoms. The largest absolute Gasteiger partial charge is 0.345 e. The van der Waals surface area contributed by atoms with Gasteiger partial charge in [-0.1, -0.05) is 26.0 Å². The molecule has 0 aliphatic heterocycles. The number of anilines is 1. The van der Waals surface area contributed by atoms with Crippen LogP contribution in [-0.4, -0.2) is 36.3 Å². The van der Waals surface area contributed by atoms with E-state index in [2.05, 4.69) is 5.32 Å². The summed E-state index contributed by atoms with van der Waals surface area (Å²) in [7, 11) is -1.92. The first kappa shape index (κ1) is 18.2. The van der Waals surface area contributed by atoms with E-state index < -0.39 is 10.0 Å². The molecule has 6 nitrogen and oxygen atoms in total. The molecule has 0 spiro atoms. The molecule has 1 amide bonds. The molecule has 2 aromatic rings. The van der Waals surface area contributed by atoms with Crippen LogP contribution in [0.3, 0.4) is 0 Å². The van der Waals surface area contributed by atoms with E-state index in [0.717, 1.165) is 5.56 Å². The van der Waals surface area contributed by atoms with Crippen molar-refractivity contribution in [2.24, 2.45) is 7.05 Å². The third-order valence-electron chi connectivity index (χ3n) is 3.83. The van der Waals surface area contributed by atoms with E-state index in [1.165, 1.54) is 21.1 Å². The minimum Gasteiger partial charge on any atom is -0.345 e. The zero-order valence-corrected chi connectivity index (χ0v) is 15.2. The van der Waals surface area contributed by atoms with Gasteiger partial charge in [-0.3, -0.25) is 4.79 Å². The Morgan fingerprint density at radius 2 is 1.88 bits per heavy atom. The third kappa shape index (κ3) is 3.68. The maximum absolute atomic E-state index is 12.6. The van der Waals surface area contributed by atoms with Crippen molar-refractivity contribution < 1.29 is 13.2 Å². The van der Waals surface area contributed by atoms with Crippen LogP contribution in [0.1, 0.15) is 29.9 Å². The Kier molecular flexibility index (Phi) is 5.46. The van der Waals surface area contributed by atoms with E-state index in [1.54, 1.807) is 27.0 Å². The second-order valence-electron chi connectivity index (χ2n) is 5.58. The number of aryl methyl sites for hydroxylation is 2. The van der Waals surface area contributed by atoms with Crippen LogP contribution in [0.5, 0.6) is 0 Å². The summed E-state index contributed by atoms with van der Waals surface area (Å²) in [5, 5.41) is 2.79. The molecular formula is C17H23N3O3S. The van der Waals surface area contributed by atoms with Crippen molar-refractivity contribution in [1.82, 2.24) is 8.87 Å². The predicted molar refractivity (Wildman–Crippen MR) is 94.7 cm³/mol. The molecule has 0 aliphatic rings. The standard InChI is InChI=1S/C17H23N3O3S/c1-5-20(6-2)24(22,23)15-11-16(19(4)12-15)17(21)18-14-9-7-8-13(3)10-14/h7-12H,5-6H2,1-4H3,(H,18,21). The van der Waals surface area contributed by atoms with Crippen molar-refractivity contribution in [1.29, 1.82) is 0 Å². The van der Waals surface area contributed by atoms with Crippen molar-refractivity contribution in [2.45, 2.75) is 25.7 Å². The van der Waals surface area contributed by atoms with E-state index in [9.17, 15) is 13.2 Å². The minimum absolute atomic E-state index is 0.128. The molecule has 24 heavy (non-hydrogen) atoms. The van der Waals surface area contributed by atoms with Gasteiger partial charge in [0, 0.05) is 32.0 Å². The van der Waals surface area contributed by atoms with Crippen molar-refractivity contribution >= 4 is 21.6 Å². The zero-order chi connectivity index (χ0) is 17.9. The smallest absolute Gasteiger partial charge is 0.272 e. The van der Waals surface area contributed by atoms with Gasteiger partial charge in [-0.15, -0.1) is 0 Å². The van der Waals surface area contributed by atoms with Gasteiger partial charge in [-0.2, -0.15) is 4.31 Å². The zero-order valence-electron chi connectivity index (χ0n) is 14.4. The highest BCUT2D eigenvalue weighted by Crippen LogP contribution is 2.19. The molecule has 1 heterocycles. The molecule has 0 atom stereocenters. The lowest BCUT2D eigenvalue weighted by atomic mass is 10.2. The molecule has 0 aliphatic carbocycles. The van der Waals surface area contributed by atoms with Crippen LogP contribution in [-0.2, 0) is 17.1 Å². The monoisotopic (exact) mass is 349 g/mol. The summed E-state index contributed by atoms with van der Waals surface area (Å²) in [4.78, 5) is 12.6. The Morgan fingerprint density at radius 1 is 1.21 bits per heavy atom. The van der Waals surface area contributed by atoms with Crippen LogP contribution in [0.15, 0.2) is 41.4 Å². The second kappa shape index (κ2) is 7.19. The first-order valence-electron chi connectivity index (χ1n) is 7.84. The molecule has 1 aromatic carbocycles. The van der Waals surface area contributed by atoms with Gasteiger partial charge in [-0.05, 0) is 30.7 Å². The molecule has 1 aromatic heterocycles. The van der Waals surface area contributed by atoms with Crippen LogP contribution in [0.25, 0.3) is 0 Å². The number of carbonyl (C=O) groups is 1. The van der Waals surface area contributed by atoms with E-state index in [-0.39, 0.29) is 10.8 Å². The number of nitrogens with one attached hydrogen (secondary N) is 1. The number of hydrogen-bond donors (Lipinski definition) is 1. The Bertz CT molecular complexity index is 837. The average molecular weight is 349 g/mol. The molecule has 2 rings (SSSR count). The Morgan fingerprint density at radius 3 is 2.46 bits per heavy atom. The first-order valence-corrected chi connectivity index (χ1v) is 9.28. The summed E-state index contributed by atoms with van der Waals surface area (Å²) < 4.78 is 28.0. The maximum atomic E-state index is 12.6. The molecular weight excluding hydrogens is 326 g/mol. The molecule has 0 unspecified atom stereocenters. The normalized spacial score (nSPS) is 11.7. The summed E-state index contributed by atoms with van der Waals surface area (Å²) in [6, 6.07) is 8.85. The van der Waals surface area contributed by atoms with Gasteiger partial charge in [0.2, 0.25) is 10.0 Å². The molecule has 1 N–H and O–H groups in total. The lowest BCUT2D eigenvalue weighted by molar-refractivity contribution is 0.101. The van der Waals surface area contributed by atoms with Gasteiger partial charge in [0.25, 0.3) is 5.91 Å². The van der Waals surface area contributed by atoms with Crippen LogP contribution in [0, 0.1) is 6.92 Å². The number of rotatable bonds is 6. The van der Waals surface area contributed by atoms with E-state index in [0.29, 0.717) is 24.5 Å². The van der Waals surface area contributed by atoms with Crippen molar-refractivity contribution in [3.8, 4) is 0 Å². The van der Waals surface area contributed by atoms with Crippen molar-refractivity contribution in [2.75, 3.05) is 18.4 Å². The molecule has 0 saturated carbocycles. The summed E-state index contributed by atoms with van der Waals surface area (Å²) in [6.07, 6.45) is 1.47. The Labute approximate surface area is 143 Å². The van der Waals surface area contributed by atoms with Gasteiger partial charge in [0.15, 0.2) is 0 Å². The third-order valence-corrected chi connectivity index (χ3v) is 5.85. The fourth-order valence-electron chi connectivity index (χ4n) is 2.53. The Hall–Kier alpha value is -2.12. The highest BCUT2D eigenvalue weighted by atomic mass is 32.2. The predicted octanol–water partition coefficient (Wildman–Crippen LogP) is 2.62. The van der Waals surface area contributed by atoms with E-state index in [4.69, 9.17) is 0 Å². The first-order chi connectivity index (χ1) is 11.3. The van der Waals surface area contributed by atoms with E-state index in [1.807, 2.05) is 25.1 Å². The summed E-state index contributed by atoms with van der Waals surface area (Å²) in [5.41, 5.74) is 2.00. The highest BCUT2D eigenvalue weighted by molar-refractivity contribution is 7.89. The van der Waals surface area contributed by atoms with Crippen LogP contribution < -0.4 is 5.32 Å². The molecule has 0 saturated heterocycles. The highest BCUT2D eigenvalue weighted by Gasteiger charge is 2.25. The molecule has 0 bridgehead atoms. The lowest BCUT2D eigenvalue weighted by Crippen LogP contribution is -2.30. The SMILES string of the molecule is CCN(CC)S(=O)(=O)c1cc(C(=O)Nc2cccc(C)c2)n(C)c1. The van der Waals surface area contributed by atoms with Gasteiger partial charge in [-0.25, -0.2) is 8.42 Å². The lowest BCUT2D eigenvalue weighted by Gasteiger charge is -2.17. The fraction of sp³-hybridized carbons (Fsp3) is 0.353. The van der Waals surface area contributed by atoms with Crippen LogP contribution in [0.4, 0.5) is 5.69 Å². The van der Waals surface area contributed by atoms with Crippen molar-refractivity contribution in [3.05, 3.63) is 47.8 Å². The van der Waals surface area contributed by atoms with Gasteiger partial charge < -0.3 is 9.88 Å². The van der Waals surface area contributed by atoms with Crippen LogP contribution >= 0.6 is 0 Å². The average Bonchev–Trinajstić information content (AvgIpc) is 2.91. The van der Waals surface area contributed by atoms with Gasteiger partial charge in [0.05, 0.1) is 0 Å². The summed E-state index contributed by atoms with van der Waals surface area (Å²) in [6.45, 7) is 6.29. The number of benzene rings is 1. The van der Waals surface area contributed by atoms with Gasteiger partial charge >= 0.3 is 0 Å². The Balaban J connectivity index is 2.30. The minimum atomic E-state index is -3.58. The second-order valence-corrected chi connectivity index (χ2v) is 7.52. The molecule has 0 fully saturated rings. The quantitative estimate of drug-likeness (QED) is 0.871. The van der Waals surface area contributed by atoms with Crippen LogP contribution in [0.2, 0.25) is 0 Å². The van der Waals surface area contributed by atoms with Crippen molar-refractivity contribution in [3.63, 3.8) is 0 Å². The number of hydrogen-bond acceptors (Lipinski definition) is 3. The number of sulfonamides is 1. The fourth-order valence-corrected chi connectivity index (χ4v) is 4.06. The maximum Gasteiger partial charge on any atom is 0.272 e. The molecule has 0 radical (unpaired) electrons.